The van der Waals surface area contributed by atoms with Crippen LogP contribution in [-0.2, 0) is 0 Å². The van der Waals surface area contributed by atoms with Gasteiger partial charge in [-0.3, -0.25) is 0 Å². The summed E-state index contributed by atoms with van der Waals surface area (Å²) in [6.07, 6.45) is 0. The highest BCUT2D eigenvalue weighted by molar-refractivity contribution is 9.10. The molecule has 0 spiro atoms. The van der Waals surface area contributed by atoms with Crippen molar-refractivity contribution in [3.05, 3.63) is 28.5 Å². The molecule has 0 atom stereocenters. The van der Waals surface area contributed by atoms with Gasteiger partial charge in [-0.15, -0.1) is 0 Å². The summed E-state index contributed by atoms with van der Waals surface area (Å²) in [6.45, 7) is 8.50. The van der Waals surface area contributed by atoms with E-state index in [-0.39, 0.29) is 6.04 Å². The van der Waals surface area contributed by atoms with Crippen molar-refractivity contribution in [2.75, 3.05) is 12.8 Å². The van der Waals surface area contributed by atoms with Gasteiger partial charge in [-0.25, -0.2) is 4.98 Å². The van der Waals surface area contributed by atoms with E-state index in [9.17, 15) is 0 Å². The highest BCUT2D eigenvalue weighted by Gasteiger charge is 2.21. The first-order valence-electron chi connectivity index (χ1n) is 7.08. The van der Waals surface area contributed by atoms with Gasteiger partial charge >= 0.3 is 0 Å². The maximum Gasteiger partial charge on any atom is 0.132 e. The number of aromatic nitrogens is 2. The molecule has 0 amide bonds. The van der Waals surface area contributed by atoms with Gasteiger partial charge in [-0.1, -0.05) is 29.8 Å². The standard InChI is InChI=1S/C16H22BrN3O/c1-9(2)16-19-14(15(18)20(16)10(3)4)12-8-11(21-5)6-7-13(12)17/h6-10H,18H2,1-5H3. The van der Waals surface area contributed by atoms with Crippen LogP contribution in [0.15, 0.2) is 22.7 Å². The summed E-state index contributed by atoms with van der Waals surface area (Å²) < 4.78 is 8.37. The molecular formula is C16H22BrN3O. The predicted octanol–water partition coefficient (Wildman–Crippen LogP) is 4.61. The van der Waals surface area contributed by atoms with Gasteiger partial charge in [0, 0.05) is 22.0 Å². The van der Waals surface area contributed by atoms with Gasteiger partial charge in [-0.2, -0.15) is 0 Å². The second-order valence-electron chi connectivity index (χ2n) is 5.67. The molecule has 0 saturated heterocycles. The Balaban J connectivity index is 2.67. The van der Waals surface area contributed by atoms with Gasteiger partial charge in [-0.05, 0) is 32.0 Å². The van der Waals surface area contributed by atoms with E-state index >= 15 is 0 Å². The normalized spacial score (nSPS) is 11.4. The van der Waals surface area contributed by atoms with Crippen molar-refractivity contribution in [1.29, 1.82) is 0 Å². The van der Waals surface area contributed by atoms with Crippen LogP contribution in [0.3, 0.4) is 0 Å². The molecule has 2 aromatic rings. The molecule has 5 heteroatoms. The van der Waals surface area contributed by atoms with Crippen molar-refractivity contribution in [2.24, 2.45) is 0 Å². The maximum absolute atomic E-state index is 6.37. The second kappa shape index (κ2) is 6.10. The number of nitrogen functional groups attached to an aromatic ring is 1. The molecule has 0 bridgehead atoms. The third kappa shape index (κ3) is 2.93. The number of rotatable bonds is 4. The summed E-state index contributed by atoms with van der Waals surface area (Å²) in [5, 5.41) is 0. The Morgan fingerprint density at radius 3 is 2.38 bits per heavy atom. The average molecular weight is 352 g/mol. The molecule has 2 rings (SSSR count). The molecule has 1 aromatic carbocycles. The summed E-state index contributed by atoms with van der Waals surface area (Å²) >= 11 is 3.58. The minimum atomic E-state index is 0.271. The molecule has 114 valence electrons. The average Bonchev–Trinajstić information content (AvgIpc) is 2.77. The Bertz CT molecular complexity index is 647. The molecule has 1 aromatic heterocycles. The van der Waals surface area contributed by atoms with Gasteiger partial charge in [0.25, 0.3) is 0 Å². The van der Waals surface area contributed by atoms with Crippen LogP contribution in [0, 0.1) is 0 Å². The van der Waals surface area contributed by atoms with Gasteiger partial charge in [0.2, 0.25) is 0 Å². The summed E-state index contributed by atoms with van der Waals surface area (Å²) in [6, 6.07) is 6.09. The monoisotopic (exact) mass is 351 g/mol. The molecular weight excluding hydrogens is 330 g/mol. The number of halogens is 1. The third-order valence-corrected chi connectivity index (χ3v) is 4.13. The number of hydrogen-bond acceptors (Lipinski definition) is 3. The van der Waals surface area contributed by atoms with Crippen LogP contribution >= 0.6 is 15.9 Å². The maximum atomic E-state index is 6.37. The van der Waals surface area contributed by atoms with Crippen LogP contribution in [0.1, 0.15) is 45.5 Å². The van der Waals surface area contributed by atoms with E-state index in [0.717, 1.165) is 27.3 Å². The Morgan fingerprint density at radius 2 is 1.90 bits per heavy atom. The lowest BCUT2D eigenvalue weighted by Gasteiger charge is -2.15. The molecule has 1 heterocycles. The number of hydrogen-bond donors (Lipinski definition) is 1. The number of methoxy groups -OCH3 is 1. The fourth-order valence-electron chi connectivity index (χ4n) is 2.42. The van der Waals surface area contributed by atoms with Gasteiger partial charge < -0.3 is 15.0 Å². The van der Waals surface area contributed by atoms with Crippen molar-refractivity contribution < 1.29 is 4.74 Å². The predicted molar refractivity (Wildman–Crippen MR) is 90.8 cm³/mol. The lowest BCUT2D eigenvalue weighted by atomic mass is 10.1. The fraction of sp³-hybridized carbons (Fsp3) is 0.438. The smallest absolute Gasteiger partial charge is 0.132 e. The van der Waals surface area contributed by atoms with Crippen molar-refractivity contribution in [1.82, 2.24) is 9.55 Å². The van der Waals surface area contributed by atoms with Gasteiger partial charge in [0.05, 0.1) is 7.11 Å². The highest BCUT2D eigenvalue weighted by atomic mass is 79.9. The number of benzene rings is 1. The summed E-state index contributed by atoms with van der Waals surface area (Å²) in [5.74, 6) is 2.81. The molecule has 0 aliphatic carbocycles. The Hall–Kier alpha value is -1.49. The van der Waals surface area contributed by atoms with E-state index in [4.69, 9.17) is 15.5 Å². The zero-order valence-corrected chi connectivity index (χ0v) is 14.7. The molecule has 4 nitrogen and oxygen atoms in total. The van der Waals surface area contributed by atoms with E-state index in [1.807, 2.05) is 18.2 Å². The van der Waals surface area contributed by atoms with Crippen LogP contribution in [0.25, 0.3) is 11.3 Å². The number of anilines is 1. The van der Waals surface area contributed by atoms with E-state index in [2.05, 4.69) is 48.2 Å². The van der Waals surface area contributed by atoms with Gasteiger partial charge in [0.1, 0.15) is 23.1 Å². The van der Waals surface area contributed by atoms with Crippen LogP contribution in [0.2, 0.25) is 0 Å². The molecule has 2 N–H and O–H groups in total. The van der Waals surface area contributed by atoms with E-state index < -0.39 is 0 Å². The molecule has 0 fully saturated rings. The number of nitrogens with zero attached hydrogens (tertiary/aromatic N) is 2. The Kier molecular flexibility index (Phi) is 4.61. The zero-order valence-electron chi connectivity index (χ0n) is 13.1. The summed E-state index contributed by atoms with van der Waals surface area (Å²) in [4.78, 5) is 4.79. The number of ether oxygens (including phenoxy) is 1. The lowest BCUT2D eigenvalue weighted by Crippen LogP contribution is -2.10. The Labute approximate surface area is 134 Å². The molecule has 0 aliphatic heterocycles. The third-order valence-electron chi connectivity index (χ3n) is 3.44. The Morgan fingerprint density at radius 1 is 1.24 bits per heavy atom. The largest absolute Gasteiger partial charge is 0.497 e. The van der Waals surface area contributed by atoms with Crippen LogP contribution in [0.4, 0.5) is 5.82 Å². The van der Waals surface area contributed by atoms with E-state index in [1.165, 1.54) is 0 Å². The van der Waals surface area contributed by atoms with Crippen molar-refractivity contribution >= 4 is 21.7 Å². The topological polar surface area (TPSA) is 53.1 Å². The first-order chi connectivity index (χ1) is 9.86. The molecule has 0 saturated carbocycles. The van der Waals surface area contributed by atoms with Crippen LogP contribution in [0.5, 0.6) is 5.75 Å². The van der Waals surface area contributed by atoms with Crippen LogP contribution in [-0.4, -0.2) is 16.7 Å². The molecule has 21 heavy (non-hydrogen) atoms. The fourth-order valence-corrected chi connectivity index (χ4v) is 2.86. The first-order valence-corrected chi connectivity index (χ1v) is 7.87. The van der Waals surface area contributed by atoms with Crippen molar-refractivity contribution in [2.45, 2.75) is 39.7 Å². The molecule has 0 aliphatic rings. The van der Waals surface area contributed by atoms with E-state index in [0.29, 0.717) is 11.7 Å². The zero-order chi connectivity index (χ0) is 15.7. The SMILES string of the molecule is COc1ccc(Br)c(-c2nc(C(C)C)n(C(C)C)c2N)c1. The molecule has 0 unspecified atom stereocenters. The lowest BCUT2D eigenvalue weighted by molar-refractivity contribution is 0.415. The first kappa shape index (κ1) is 15.9. The minimum absolute atomic E-state index is 0.271. The quantitative estimate of drug-likeness (QED) is 0.874. The summed E-state index contributed by atoms with van der Waals surface area (Å²) in [5.41, 5.74) is 8.13. The van der Waals surface area contributed by atoms with E-state index in [1.54, 1.807) is 7.11 Å². The second-order valence-corrected chi connectivity index (χ2v) is 6.52. The number of nitrogens with two attached hydrogens (primary N) is 1. The van der Waals surface area contributed by atoms with Crippen molar-refractivity contribution in [3.63, 3.8) is 0 Å². The van der Waals surface area contributed by atoms with Crippen LogP contribution < -0.4 is 10.5 Å². The highest BCUT2D eigenvalue weighted by Crippen LogP contribution is 2.37. The molecule has 0 radical (unpaired) electrons. The number of imidazole rings is 1. The minimum Gasteiger partial charge on any atom is -0.497 e. The summed E-state index contributed by atoms with van der Waals surface area (Å²) in [7, 11) is 1.66. The van der Waals surface area contributed by atoms with Crippen molar-refractivity contribution in [3.8, 4) is 17.0 Å². The van der Waals surface area contributed by atoms with Gasteiger partial charge in [0.15, 0.2) is 0 Å².